The Morgan fingerprint density at radius 3 is 2.58 bits per heavy atom. The van der Waals surface area contributed by atoms with Crippen molar-refractivity contribution < 1.29 is 9.90 Å². The predicted octanol–water partition coefficient (Wildman–Crippen LogP) is 4.26. The molecular weight excluding hydrogens is 326 g/mol. The SMILES string of the molecule is CCc1cc(C(=O)O)cc(Sc2ccc(Br)cc2)n1. The number of benzene rings is 1. The monoisotopic (exact) mass is 337 g/mol. The van der Waals surface area contributed by atoms with Gasteiger partial charge in [0.05, 0.1) is 5.56 Å². The molecule has 0 saturated carbocycles. The number of carboxylic acids is 1. The van der Waals surface area contributed by atoms with Gasteiger partial charge in [-0.25, -0.2) is 9.78 Å². The molecule has 1 heterocycles. The number of rotatable bonds is 4. The van der Waals surface area contributed by atoms with Crippen molar-refractivity contribution in [1.82, 2.24) is 4.98 Å². The van der Waals surface area contributed by atoms with Crippen molar-refractivity contribution in [3.05, 3.63) is 52.1 Å². The lowest BCUT2D eigenvalue weighted by Gasteiger charge is -2.05. The maximum atomic E-state index is 11.1. The molecule has 0 unspecified atom stereocenters. The smallest absolute Gasteiger partial charge is 0.335 e. The van der Waals surface area contributed by atoms with Gasteiger partial charge in [-0.1, -0.05) is 34.6 Å². The van der Waals surface area contributed by atoms with Crippen molar-refractivity contribution in [3.63, 3.8) is 0 Å². The Morgan fingerprint density at radius 2 is 2.00 bits per heavy atom. The van der Waals surface area contributed by atoms with Crippen LogP contribution >= 0.6 is 27.7 Å². The van der Waals surface area contributed by atoms with Gasteiger partial charge in [-0.05, 0) is 42.8 Å². The van der Waals surface area contributed by atoms with Crippen LogP contribution in [0.25, 0.3) is 0 Å². The van der Waals surface area contributed by atoms with Crippen molar-refractivity contribution in [1.29, 1.82) is 0 Å². The molecule has 2 rings (SSSR count). The van der Waals surface area contributed by atoms with E-state index in [1.165, 1.54) is 11.8 Å². The molecule has 0 atom stereocenters. The average molecular weight is 338 g/mol. The Bertz CT molecular complexity index is 599. The fraction of sp³-hybridized carbons (Fsp3) is 0.143. The summed E-state index contributed by atoms with van der Waals surface area (Å²) in [6.07, 6.45) is 0.717. The summed E-state index contributed by atoms with van der Waals surface area (Å²) in [6, 6.07) is 11.1. The van der Waals surface area contributed by atoms with E-state index in [-0.39, 0.29) is 5.56 Å². The average Bonchev–Trinajstić information content (AvgIpc) is 2.41. The van der Waals surface area contributed by atoms with E-state index in [1.807, 2.05) is 31.2 Å². The number of aromatic nitrogens is 1. The number of halogens is 1. The Morgan fingerprint density at radius 1 is 1.32 bits per heavy atom. The zero-order chi connectivity index (χ0) is 13.8. The number of nitrogens with zero attached hydrogens (tertiary/aromatic N) is 1. The maximum absolute atomic E-state index is 11.1. The second-order valence-corrected chi connectivity index (χ2v) is 5.91. The van der Waals surface area contributed by atoms with Gasteiger partial charge in [-0.3, -0.25) is 0 Å². The lowest BCUT2D eigenvalue weighted by molar-refractivity contribution is 0.0696. The van der Waals surface area contributed by atoms with Gasteiger partial charge in [0.2, 0.25) is 0 Å². The van der Waals surface area contributed by atoms with Gasteiger partial charge in [0.15, 0.2) is 0 Å². The summed E-state index contributed by atoms with van der Waals surface area (Å²) in [5.41, 5.74) is 1.07. The van der Waals surface area contributed by atoms with Crippen LogP contribution in [0, 0.1) is 0 Å². The van der Waals surface area contributed by atoms with E-state index in [0.717, 1.165) is 21.5 Å². The van der Waals surface area contributed by atoms with E-state index in [2.05, 4.69) is 20.9 Å². The largest absolute Gasteiger partial charge is 0.478 e. The Balaban J connectivity index is 2.31. The van der Waals surface area contributed by atoms with Gasteiger partial charge in [-0.2, -0.15) is 0 Å². The van der Waals surface area contributed by atoms with E-state index in [9.17, 15) is 4.79 Å². The summed E-state index contributed by atoms with van der Waals surface area (Å²) >= 11 is 4.84. The third kappa shape index (κ3) is 3.81. The standard InChI is InChI=1S/C14H12BrNO2S/c1-2-11-7-9(14(17)18)8-13(16-11)19-12-5-3-10(15)4-6-12/h3-8H,2H2,1H3,(H,17,18). The summed E-state index contributed by atoms with van der Waals surface area (Å²) < 4.78 is 1.01. The second kappa shape index (κ2) is 6.21. The molecule has 0 aliphatic rings. The van der Waals surface area contributed by atoms with Gasteiger partial charge in [-0.15, -0.1) is 0 Å². The van der Waals surface area contributed by atoms with Crippen molar-refractivity contribution in [2.75, 3.05) is 0 Å². The van der Waals surface area contributed by atoms with Crippen LogP contribution in [-0.2, 0) is 6.42 Å². The molecule has 3 nitrogen and oxygen atoms in total. The molecular formula is C14H12BrNO2S. The van der Waals surface area contributed by atoms with Crippen molar-refractivity contribution in [3.8, 4) is 0 Å². The summed E-state index contributed by atoms with van der Waals surface area (Å²) in [5.74, 6) is -0.922. The third-order valence-corrected chi connectivity index (χ3v) is 3.95. The van der Waals surface area contributed by atoms with Crippen molar-refractivity contribution in [2.45, 2.75) is 23.3 Å². The first-order chi connectivity index (χ1) is 9.08. The van der Waals surface area contributed by atoms with Crippen molar-refractivity contribution >= 4 is 33.7 Å². The molecule has 1 N–H and O–H groups in total. The second-order valence-electron chi connectivity index (χ2n) is 3.90. The van der Waals surface area contributed by atoms with E-state index < -0.39 is 5.97 Å². The van der Waals surface area contributed by atoms with Crippen LogP contribution in [0.5, 0.6) is 0 Å². The summed E-state index contributed by atoms with van der Waals surface area (Å²) in [4.78, 5) is 16.5. The lowest BCUT2D eigenvalue weighted by Crippen LogP contribution is -2.00. The molecule has 0 radical (unpaired) electrons. The fourth-order valence-corrected chi connectivity index (χ4v) is 2.67. The Hall–Kier alpha value is -1.33. The first kappa shape index (κ1) is 14.1. The van der Waals surface area contributed by atoms with Crippen LogP contribution in [0.1, 0.15) is 23.0 Å². The molecule has 2 aromatic rings. The predicted molar refractivity (Wildman–Crippen MR) is 78.8 cm³/mol. The number of aryl methyl sites for hydroxylation is 1. The molecule has 0 fully saturated rings. The van der Waals surface area contributed by atoms with Crippen LogP contribution in [0.2, 0.25) is 0 Å². The highest BCUT2D eigenvalue weighted by Crippen LogP contribution is 2.28. The first-order valence-corrected chi connectivity index (χ1v) is 7.37. The van der Waals surface area contributed by atoms with Crippen LogP contribution < -0.4 is 0 Å². The van der Waals surface area contributed by atoms with Gasteiger partial charge >= 0.3 is 5.97 Å². The van der Waals surface area contributed by atoms with Crippen LogP contribution in [-0.4, -0.2) is 16.1 Å². The molecule has 1 aromatic heterocycles. The lowest BCUT2D eigenvalue weighted by atomic mass is 10.2. The van der Waals surface area contributed by atoms with Gasteiger partial charge in [0.25, 0.3) is 0 Å². The highest BCUT2D eigenvalue weighted by atomic mass is 79.9. The number of carbonyl (C=O) groups is 1. The van der Waals surface area contributed by atoms with Gasteiger partial charge in [0, 0.05) is 15.1 Å². The van der Waals surface area contributed by atoms with E-state index in [0.29, 0.717) is 5.03 Å². The Kier molecular flexibility index (Phi) is 4.61. The summed E-state index contributed by atoms with van der Waals surface area (Å²) in [5, 5.41) is 9.80. The first-order valence-electron chi connectivity index (χ1n) is 5.76. The topological polar surface area (TPSA) is 50.2 Å². The third-order valence-electron chi connectivity index (χ3n) is 2.50. The quantitative estimate of drug-likeness (QED) is 0.905. The van der Waals surface area contributed by atoms with Crippen molar-refractivity contribution in [2.24, 2.45) is 0 Å². The van der Waals surface area contributed by atoms with Crippen LogP contribution in [0.3, 0.4) is 0 Å². The number of hydrogen-bond acceptors (Lipinski definition) is 3. The normalized spacial score (nSPS) is 10.4. The van der Waals surface area contributed by atoms with E-state index in [4.69, 9.17) is 5.11 Å². The molecule has 0 bridgehead atoms. The number of pyridine rings is 1. The molecule has 0 saturated heterocycles. The van der Waals surface area contributed by atoms with Crippen LogP contribution in [0.15, 0.2) is 50.8 Å². The molecule has 1 aromatic carbocycles. The molecule has 0 aliphatic carbocycles. The summed E-state index contributed by atoms with van der Waals surface area (Å²) in [7, 11) is 0. The fourth-order valence-electron chi connectivity index (χ4n) is 1.54. The molecule has 98 valence electrons. The van der Waals surface area contributed by atoms with Gasteiger partial charge < -0.3 is 5.11 Å². The minimum atomic E-state index is -0.922. The minimum absolute atomic E-state index is 0.284. The summed E-state index contributed by atoms with van der Waals surface area (Å²) in [6.45, 7) is 1.96. The van der Waals surface area contributed by atoms with E-state index >= 15 is 0 Å². The number of hydrogen-bond donors (Lipinski definition) is 1. The molecule has 0 spiro atoms. The highest BCUT2D eigenvalue weighted by molar-refractivity contribution is 9.10. The number of aromatic carboxylic acids is 1. The Labute approximate surface area is 124 Å². The molecule has 19 heavy (non-hydrogen) atoms. The maximum Gasteiger partial charge on any atom is 0.335 e. The molecule has 0 amide bonds. The zero-order valence-electron chi connectivity index (χ0n) is 10.3. The zero-order valence-corrected chi connectivity index (χ0v) is 12.7. The number of carboxylic acid groups (broad SMARTS) is 1. The van der Waals surface area contributed by atoms with E-state index in [1.54, 1.807) is 12.1 Å². The molecule has 5 heteroatoms. The van der Waals surface area contributed by atoms with Gasteiger partial charge in [0.1, 0.15) is 5.03 Å². The molecule has 0 aliphatic heterocycles. The van der Waals surface area contributed by atoms with Crippen LogP contribution in [0.4, 0.5) is 0 Å². The minimum Gasteiger partial charge on any atom is -0.478 e. The highest BCUT2D eigenvalue weighted by Gasteiger charge is 2.09.